The highest BCUT2D eigenvalue weighted by molar-refractivity contribution is 9.10. The highest BCUT2D eigenvalue weighted by Gasteiger charge is 2.10. The first-order valence-electron chi connectivity index (χ1n) is 5.07. The van der Waals surface area contributed by atoms with Gasteiger partial charge in [-0.25, -0.2) is 8.42 Å². The van der Waals surface area contributed by atoms with Gasteiger partial charge in [0.2, 0.25) is 0 Å². The number of sulfone groups is 1. The maximum Gasteiger partial charge on any atom is 0.150 e. The molecule has 6 heteroatoms. The molecule has 0 amide bonds. The van der Waals surface area contributed by atoms with Crippen molar-refractivity contribution in [2.24, 2.45) is 0 Å². The second-order valence-corrected chi connectivity index (χ2v) is 7.01. The van der Waals surface area contributed by atoms with Gasteiger partial charge in [0.25, 0.3) is 0 Å². The molecule has 0 aliphatic heterocycles. The van der Waals surface area contributed by atoms with E-state index in [0.717, 1.165) is 10.7 Å². The van der Waals surface area contributed by atoms with Crippen molar-refractivity contribution in [1.29, 1.82) is 0 Å². The molecule has 4 nitrogen and oxygen atoms in total. The van der Waals surface area contributed by atoms with Gasteiger partial charge in [-0.05, 0) is 19.1 Å². The van der Waals surface area contributed by atoms with Crippen LogP contribution >= 0.6 is 15.9 Å². The van der Waals surface area contributed by atoms with E-state index in [9.17, 15) is 13.5 Å². The Hall–Kier alpha value is -0.590. The molecule has 0 bridgehead atoms. The Morgan fingerprint density at radius 1 is 1.47 bits per heavy atom. The Balaban J connectivity index is 2.79. The van der Waals surface area contributed by atoms with Gasteiger partial charge in [0, 0.05) is 16.3 Å². The predicted octanol–water partition coefficient (Wildman–Crippen LogP) is 1.93. The molecular formula is C11H15BrO4S. The average Bonchev–Trinajstić information content (AvgIpc) is 2.15. The minimum Gasteiger partial charge on any atom is -0.492 e. The Morgan fingerprint density at radius 3 is 2.65 bits per heavy atom. The van der Waals surface area contributed by atoms with Crippen molar-refractivity contribution in [2.45, 2.75) is 13.0 Å². The highest BCUT2D eigenvalue weighted by atomic mass is 79.9. The molecule has 0 fully saturated rings. The summed E-state index contributed by atoms with van der Waals surface area (Å²) in [6, 6.07) is 5.25. The van der Waals surface area contributed by atoms with Crippen LogP contribution in [0, 0.1) is 0 Å². The van der Waals surface area contributed by atoms with E-state index in [-0.39, 0.29) is 12.4 Å². The van der Waals surface area contributed by atoms with E-state index in [2.05, 4.69) is 15.9 Å². The van der Waals surface area contributed by atoms with E-state index in [1.165, 1.54) is 0 Å². The van der Waals surface area contributed by atoms with Crippen LogP contribution in [0.3, 0.4) is 0 Å². The lowest BCUT2D eigenvalue weighted by Crippen LogP contribution is -2.13. The van der Waals surface area contributed by atoms with Crippen LogP contribution in [0.4, 0.5) is 0 Å². The quantitative estimate of drug-likeness (QED) is 0.899. The van der Waals surface area contributed by atoms with Crippen molar-refractivity contribution in [3.05, 3.63) is 28.2 Å². The molecule has 0 unspecified atom stereocenters. The van der Waals surface area contributed by atoms with E-state index >= 15 is 0 Å². The summed E-state index contributed by atoms with van der Waals surface area (Å²) in [5, 5.41) is 9.54. The van der Waals surface area contributed by atoms with E-state index in [1.54, 1.807) is 25.1 Å². The number of hydrogen-bond donors (Lipinski definition) is 1. The molecule has 0 spiro atoms. The number of aliphatic hydroxyl groups excluding tert-OH is 1. The molecular weight excluding hydrogens is 308 g/mol. The number of ether oxygens (including phenoxy) is 1. The zero-order chi connectivity index (χ0) is 13.1. The molecule has 1 aromatic rings. The summed E-state index contributed by atoms with van der Waals surface area (Å²) in [5.74, 6) is 0.455. The molecule has 0 heterocycles. The first-order chi connectivity index (χ1) is 7.79. The second kappa shape index (κ2) is 5.84. The minimum atomic E-state index is -3.04. The summed E-state index contributed by atoms with van der Waals surface area (Å²) < 4.78 is 28.1. The Kier molecular flexibility index (Phi) is 4.97. The van der Waals surface area contributed by atoms with Crippen molar-refractivity contribution in [1.82, 2.24) is 0 Å². The fourth-order valence-electron chi connectivity index (χ4n) is 1.28. The Bertz CT molecular complexity index is 482. The maximum atomic E-state index is 11.0. The molecule has 0 aromatic heterocycles. The van der Waals surface area contributed by atoms with Crippen LogP contribution < -0.4 is 4.74 Å². The van der Waals surface area contributed by atoms with Gasteiger partial charge in [0.05, 0.1) is 11.9 Å². The van der Waals surface area contributed by atoms with E-state index in [0.29, 0.717) is 11.3 Å². The van der Waals surface area contributed by atoms with Crippen LogP contribution in [-0.4, -0.2) is 32.1 Å². The topological polar surface area (TPSA) is 63.6 Å². The van der Waals surface area contributed by atoms with Crippen LogP contribution in [0.1, 0.15) is 18.6 Å². The molecule has 96 valence electrons. The van der Waals surface area contributed by atoms with Gasteiger partial charge in [-0.15, -0.1) is 0 Å². The van der Waals surface area contributed by atoms with Crippen LogP contribution in [-0.2, 0) is 9.84 Å². The predicted molar refractivity (Wildman–Crippen MR) is 70.0 cm³/mol. The van der Waals surface area contributed by atoms with Gasteiger partial charge in [-0.1, -0.05) is 22.0 Å². The van der Waals surface area contributed by atoms with Gasteiger partial charge >= 0.3 is 0 Å². The zero-order valence-electron chi connectivity index (χ0n) is 9.68. The molecule has 0 radical (unpaired) electrons. The SMILES string of the molecule is C[C@@H](O)c1ccc(Br)cc1OCCS(C)(=O)=O. The maximum absolute atomic E-state index is 11.0. The van der Waals surface area contributed by atoms with Crippen LogP contribution in [0.2, 0.25) is 0 Å². The molecule has 0 saturated heterocycles. The van der Waals surface area contributed by atoms with E-state index in [4.69, 9.17) is 4.74 Å². The monoisotopic (exact) mass is 322 g/mol. The standard InChI is InChI=1S/C11H15BrO4S/c1-8(13)10-4-3-9(12)7-11(10)16-5-6-17(2,14)15/h3-4,7-8,13H,5-6H2,1-2H3/t8-/m1/s1. The third-order valence-corrected chi connectivity index (χ3v) is 3.54. The van der Waals surface area contributed by atoms with Crippen molar-refractivity contribution in [3.8, 4) is 5.75 Å². The van der Waals surface area contributed by atoms with Gasteiger partial charge < -0.3 is 9.84 Å². The molecule has 0 saturated carbocycles. The summed E-state index contributed by atoms with van der Waals surface area (Å²) in [6.45, 7) is 1.71. The number of aliphatic hydroxyl groups is 1. The summed E-state index contributed by atoms with van der Waals surface area (Å²) in [7, 11) is -3.04. The van der Waals surface area contributed by atoms with Crippen LogP contribution in [0.25, 0.3) is 0 Å². The van der Waals surface area contributed by atoms with E-state index < -0.39 is 15.9 Å². The number of benzene rings is 1. The molecule has 0 aliphatic carbocycles. The van der Waals surface area contributed by atoms with Gasteiger partial charge in [-0.2, -0.15) is 0 Å². The smallest absolute Gasteiger partial charge is 0.150 e. The molecule has 1 N–H and O–H groups in total. The summed E-state index contributed by atoms with van der Waals surface area (Å²) in [5.41, 5.74) is 0.640. The first kappa shape index (κ1) is 14.5. The van der Waals surface area contributed by atoms with Crippen molar-refractivity contribution >= 4 is 25.8 Å². The number of hydrogen-bond acceptors (Lipinski definition) is 4. The second-order valence-electron chi connectivity index (χ2n) is 3.84. The fraction of sp³-hybridized carbons (Fsp3) is 0.455. The summed E-state index contributed by atoms with van der Waals surface area (Å²) in [4.78, 5) is 0. The normalized spacial score (nSPS) is 13.4. The third-order valence-electron chi connectivity index (χ3n) is 2.14. The minimum absolute atomic E-state index is 0.0429. The largest absolute Gasteiger partial charge is 0.492 e. The highest BCUT2D eigenvalue weighted by Crippen LogP contribution is 2.28. The Labute approximate surface area is 110 Å². The lowest BCUT2D eigenvalue weighted by molar-refractivity contribution is 0.192. The lowest BCUT2D eigenvalue weighted by atomic mass is 10.1. The van der Waals surface area contributed by atoms with Gasteiger partial charge in [-0.3, -0.25) is 0 Å². The molecule has 1 atom stereocenters. The molecule has 0 aliphatic rings. The van der Waals surface area contributed by atoms with Crippen LogP contribution in [0.15, 0.2) is 22.7 Å². The third kappa shape index (κ3) is 5.06. The molecule has 17 heavy (non-hydrogen) atoms. The number of rotatable bonds is 5. The van der Waals surface area contributed by atoms with Gasteiger partial charge in [0.1, 0.15) is 12.4 Å². The molecule has 1 aromatic carbocycles. The van der Waals surface area contributed by atoms with Gasteiger partial charge in [0.15, 0.2) is 9.84 Å². The first-order valence-corrected chi connectivity index (χ1v) is 7.93. The zero-order valence-corrected chi connectivity index (χ0v) is 12.1. The Morgan fingerprint density at radius 2 is 2.12 bits per heavy atom. The fourth-order valence-corrected chi connectivity index (χ4v) is 2.01. The van der Waals surface area contributed by atoms with Crippen molar-refractivity contribution in [3.63, 3.8) is 0 Å². The number of halogens is 1. The average molecular weight is 323 g/mol. The van der Waals surface area contributed by atoms with E-state index in [1.807, 2.05) is 0 Å². The van der Waals surface area contributed by atoms with Crippen molar-refractivity contribution < 1.29 is 18.3 Å². The lowest BCUT2D eigenvalue weighted by Gasteiger charge is -2.13. The van der Waals surface area contributed by atoms with Crippen LogP contribution in [0.5, 0.6) is 5.75 Å². The summed E-state index contributed by atoms with van der Waals surface area (Å²) >= 11 is 3.30. The summed E-state index contributed by atoms with van der Waals surface area (Å²) in [6.07, 6.45) is 0.503. The van der Waals surface area contributed by atoms with Crippen molar-refractivity contribution in [2.75, 3.05) is 18.6 Å². The molecule has 1 rings (SSSR count).